The smallest absolute Gasteiger partial charge is 0.336 e. The summed E-state index contributed by atoms with van der Waals surface area (Å²) in [6, 6.07) is 5.87. The number of ether oxygens (including phenoxy) is 2. The van der Waals surface area contributed by atoms with Gasteiger partial charge in [-0.15, -0.1) is 0 Å². The number of hydrogen-bond acceptors (Lipinski definition) is 9. The topological polar surface area (TPSA) is 143 Å². The summed E-state index contributed by atoms with van der Waals surface area (Å²) in [5.74, 6) is 0.208. The number of fused-ring (bicyclic) bond motifs is 2. The minimum atomic E-state index is -1.57. The first-order valence-corrected chi connectivity index (χ1v) is 7.91. The first-order chi connectivity index (χ1) is 12.5. The second kappa shape index (κ2) is 6.38. The molecule has 1 saturated heterocycles. The number of rotatable bonds is 3. The van der Waals surface area contributed by atoms with Gasteiger partial charge in [0.25, 0.3) is 0 Å². The Morgan fingerprint density at radius 3 is 2.54 bits per heavy atom. The molecule has 3 aromatic rings. The van der Waals surface area contributed by atoms with Crippen molar-refractivity contribution in [3.63, 3.8) is 0 Å². The van der Waals surface area contributed by atoms with Crippen LogP contribution in [0.1, 0.15) is 0 Å². The molecule has 9 heteroatoms. The summed E-state index contributed by atoms with van der Waals surface area (Å²) in [5, 5.41) is 40.2. The van der Waals surface area contributed by atoms with Gasteiger partial charge in [0.15, 0.2) is 0 Å². The van der Waals surface area contributed by atoms with Gasteiger partial charge in [-0.05, 0) is 12.1 Å². The molecule has 1 aliphatic heterocycles. The largest absolute Gasteiger partial charge is 0.464 e. The van der Waals surface area contributed by atoms with Gasteiger partial charge in [0, 0.05) is 12.1 Å². The van der Waals surface area contributed by atoms with Gasteiger partial charge >= 0.3 is 5.63 Å². The van der Waals surface area contributed by atoms with Crippen LogP contribution in [0.2, 0.25) is 0 Å². The molecule has 0 radical (unpaired) electrons. The van der Waals surface area contributed by atoms with Crippen LogP contribution in [0.3, 0.4) is 0 Å². The van der Waals surface area contributed by atoms with Gasteiger partial charge in [-0.25, -0.2) is 4.79 Å². The van der Waals surface area contributed by atoms with Gasteiger partial charge in [-0.1, -0.05) is 0 Å². The third-order valence-electron chi connectivity index (χ3n) is 4.39. The Morgan fingerprint density at radius 1 is 1.00 bits per heavy atom. The fraction of sp³-hybridized carbons (Fsp3) is 0.353. The summed E-state index contributed by atoms with van der Waals surface area (Å²) >= 11 is 0. The monoisotopic (exact) mass is 364 g/mol. The lowest BCUT2D eigenvalue weighted by Crippen LogP contribution is -2.60. The van der Waals surface area contributed by atoms with Crippen molar-refractivity contribution < 1.29 is 38.7 Å². The number of furan rings is 1. The standard InChI is InChI=1S/C17H16O9/c18-6-11-13(20)14(21)15(22)17(25-11)26-16-7-1-2-12(19)24-10(7)5-9-8(16)3-4-23-9/h1-5,11,13-15,17-18,20-22H,6H2. The van der Waals surface area contributed by atoms with E-state index in [1.54, 1.807) is 6.07 Å². The zero-order valence-corrected chi connectivity index (χ0v) is 13.3. The normalized spacial score (nSPS) is 29.3. The van der Waals surface area contributed by atoms with Crippen LogP contribution in [0, 0.1) is 0 Å². The summed E-state index contributed by atoms with van der Waals surface area (Å²) in [5.41, 5.74) is 0.0353. The number of aliphatic hydroxyl groups is 4. The van der Waals surface area contributed by atoms with Crippen LogP contribution >= 0.6 is 0 Å². The average molecular weight is 364 g/mol. The van der Waals surface area contributed by atoms with Crippen LogP contribution in [0.15, 0.2) is 44.2 Å². The number of benzene rings is 1. The first-order valence-electron chi connectivity index (χ1n) is 7.91. The zero-order valence-electron chi connectivity index (χ0n) is 13.3. The molecule has 0 saturated carbocycles. The van der Waals surface area contributed by atoms with Crippen molar-refractivity contribution in [2.24, 2.45) is 0 Å². The van der Waals surface area contributed by atoms with Gasteiger partial charge in [0.1, 0.15) is 41.3 Å². The van der Waals surface area contributed by atoms with Gasteiger partial charge < -0.3 is 38.7 Å². The molecular weight excluding hydrogens is 348 g/mol. The molecule has 9 nitrogen and oxygen atoms in total. The van der Waals surface area contributed by atoms with E-state index in [4.69, 9.17) is 18.3 Å². The highest BCUT2D eigenvalue weighted by atomic mass is 16.7. The Bertz CT molecular complexity index is 989. The number of aliphatic hydroxyl groups excluding tert-OH is 4. The van der Waals surface area contributed by atoms with Gasteiger partial charge in [0.2, 0.25) is 6.29 Å². The quantitative estimate of drug-likeness (QED) is 0.461. The summed E-state index contributed by atoms with van der Waals surface area (Å²) in [6.45, 7) is -0.573. The van der Waals surface area contributed by atoms with Crippen LogP contribution in [0.25, 0.3) is 21.9 Å². The lowest BCUT2D eigenvalue weighted by Gasteiger charge is -2.39. The fourth-order valence-electron chi connectivity index (χ4n) is 3.02. The molecule has 4 rings (SSSR count). The van der Waals surface area contributed by atoms with E-state index >= 15 is 0 Å². The lowest BCUT2D eigenvalue weighted by molar-refractivity contribution is -0.277. The molecule has 1 fully saturated rings. The minimum Gasteiger partial charge on any atom is -0.464 e. The van der Waals surface area contributed by atoms with Gasteiger partial charge in [-0.2, -0.15) is 0 Å². The molecule has 26 heavy (non-hydrogen) atoms. The molecular formula is C17H16O9. The minimum absolute atomic E-state index is 0.208. The molecule has 1 aromatic carbocycles. The Balaban J connectivity index is 1.80. The fourth-order valence-corrected chi connectivity index (χ4v) is 3.02. The molecule has 5 atom stereocenters. The molecule has 0 spiro atoms. The highest BCUT2D eigenvalue weighted by molar-refractivity contribution is 6.01. The van der Waals surface area contributed by atoms with Gasteiger partial charge in [0.05, 0.1) is 23.6 Å². The molecule has 5 unspecified atom stereocenters. The molecule has 0 amide bonds. The van der Waals surface area contributed by atoms with E-state index in [1.165, 1.54) is 24.5 Å². The van der Waals surface area contributed by atoms with E-state index in [2.05, 4.69) is 0 Å². The van der Waals surface area contributed by atoms with E-state index < -0.39 is 42.9 Å². The average Bonchev–Trinajstić information content (AvgIpc) is 3.09. The Morgan fingerprint density at radius 2 is 1.77 bits per heavy atom. The Labute approximate surface area is 145 Å². The summed E-state index contributed by atoms with van der Waals surface area (Å²) < 4.78 is 21.6. The molecule has 3 heterocycles. The second-order valence-electron chi connectivity index (χ2n) is 6.02. The maximum absolute atomic E-state index is 11.5. The van der Waals surface area contributed by atoms with Crippen molar-refractivity contribution in [3.8, 4) is 5.75 Å². The van der Waals surface area contributed by atoms with Crippen molar-refractivity contribution in [2.75, 3.05) is 6.61 Å². The summed E-state index contributed by atoms with van der Waals surface area (Å²) in [6.07, 6.45) is -5.69. The zero-order chi connectivity index (χ0) is 18.4. The van der Waals surface area contributed by atoms with Gasteiger partial charge in [-0.3, -0.25) is 0 Å². The van der Waals surface area contributed by atoms with Crippen molar-refractivity contribution in [3.05, 3.63) is 40.9 Å². The highest BCUT2D eigenvalue weighted by Gasteiger charge is 2.45. The SMILES string of the molecule is O=c1ccc2c(OC3OC(CO)C(O)C(O)C3O)c3ccoc3cc2o1. The van der Waals surface area contributed by atoms with Crippen molar-refractivity contribution in [1.82, 2.24) is 0 Å². The molecule has 1 aliphatic rings. The van der Waals surface area contributed by atoms with Crippen LogP contribution < -0.4 is 10.4 Å². The Hall–Kier alpha value is -2.43. The molecule has 4 N–H and O–H groups in total. The maximum Gasteiger partial charge on any atom is 0.336 e. The molecule has 138 valence electrons. The van der Waals surface area contributed by atoms with E-state index in [-0.39, 0.29) is 11.3 Å². The molecule has 0 aliphatic carbocycles. The molecule has 2 aromatic heterocycles. The second-order valence-corrected chi connectivity index (χ2v) is 6.02. The van der Waals surface area contributed by atoms with E-state index in [0.717, 1.165) is 0 Å². The van der Waals surface area contributed by atoms with Crippen molar-refractivity contribution in [1.29, 1.82) is 0 Å². The van der Waals surface area contributed by atoms with Crippen molar-refractivity contribution in [2.45, 2.75) is 30.7 Å². The van der Waals surface area contributed by atoms with Crippen LogP contribution in [0.4, 0.5) is 0 Å². The van der Waals surface area contributed by atoms with Crippen LogP contribution in [-0.2, 0) is 4.74 Å². The van der Waals surface area contributed by atoms with Crippen LogP contribution in [0.5, 0.6) is 5.75 Å². The molecule has 0 bridgehead atoms. The maximum atomic E-state index is 11.5. The summed E-state index contributed by atoms with van der Waals surface area (Å²) in [7, 11) is 0. The third-order valence-corrected chi connectivity index (χ3v) is 4.39. The predicted octanol–water partition coefficient (Wildman–Crippen LogP) is -0.282. The van der Waals surface area contributed by atoms with Crippen molar-refractivity contribution >= 4 is 21.9 Å². The first kappa shape index (κ1) is 17.0. The van der Waals surface area contributed by atoms with E-state index in [9.17, 15) is 25.2 Å². The third kappa shape index (κ3) is 2.66. The lowest BCUT2D eigenvalue weighted by atomic mass is 9.99. The van der Waals surface area contributed by atoms with E-state index in [0.29, 0.717) is 16.4 Å². The van der Waals surface area contributed by atoms with Crippen LogP contribution in [-0.4, -0.2) is 57.7 Å². The Kier molecular flexibility index (Phi) is 4.17. The highest BCUT2D eigenvalue weighted by Crippen LogP contribution is 2.37. The predicted molar refractivity (Wildman–Crippen MR) is 86.7 cm³/mol. The van der Waals surface area contributed by atoms with E-state index in [1.807, 2.05) is 0 Å². The summed E-state index contributed by atoms with van der Waals surface area (Å²) in [4.78, 5) is 11.5. The number of hydrogen-bond donors (Lipinski definition) is 4.